The Labute approximate surface area is 241 Å². The molecule has 212 valence electrons. The highest BCUT2D eigenvalue weighted by Crippen LogP contribution is 2.49. The number of hydrogen-bond donors (Lipinski definition) is 1. The second kappa shape index (κ2) is 10.5. The maximum Gasteiger partial charge on any atom is 0.326 e. The first-order chi connectivity index (χ1) is 19.8. The molecular weight excluding hydrogens is 514 g/mol. The summed E-state index contributed by atoms with van der Waals surface area (Å²) in [5, 5.41) is 9.80. The summed E-state index contributed by atoms with van der Waals surface area (Å²) in [5.74, 6) is -1.23. The third-order valence-electron chi connectivity index (χ3n) is 9.33. The van der Waals surface area contributed by atoms with Crippen molar-refractivity contribution < 1.29 is 19.5 Å². The first kappa shape index (κ1) is 27.2. The minimum Gasteiger partial charge on any atom is -0.480 e. The summed E-state index contributed by atoms with van der Waals surface area (Å²) in [6.07, 6.45) is 1.16. The van der Waals surface area contributed by atoms with E-state index in [2.05, 4.69) is 41.3 Å². The van der Waals surface area contributed by atoms with Gasteiger partial charge in [-0.2, -0.15) is 0 Å². The van der Waals surface area contributed by atoms with Gasteiger partial charge in [0.2, 0.25) is 11.8 Å². The van der Waals surface area contributed by atoms with Crippen LogP contribution in [0.2, 0.25) is 0 Å². The maximum absolute atomic E-state index is 14.1. The Morgan fingerprint density at radius 2 is 1.32 bits per heavy atom. The van der Waals surface area contributed by atoms with Crippen LogP contribution < -0.4 is 0 Å². The van der Waals surface area contributed by atoms with Crippen LogP contribution in [-0.4, -0.2) is 75.9 Å². The highest BCUT2D eigenvalue weighted by Gasteiger charge is 2.59. The molecule has 0 bridgehead atoms. The smallest absolute Gasteiger partial charge is 0.326 e. The summed E-state index contributed by atoms with van der Waals surface area (Å²) in [5.41, 5.74) is 1.96. The van der Waals surface area contributed by atoms with Crippen molar-refractivity contribution in [2.45, 2.75) is 44.3 Å². The van der Waals surface area contributed by atoms with Crippen LogP contribution in [0.3, 0.4) is 0 Å². The monoisotopic (exact) mass is 551 g/mol. The highest BCUT2D eigenvalue weighted by molar-refractivity contribution is 5.92. The molecule has 1 N–H and O–H groups in total. The van der Waals surface area contributed by atoms with Gasteiger partial charge in [-0.05, 0) is 35.4 Å². The summed E-state index contributed by atoms with van der Waals surface area (Å²) in [4.78, 5) is 45.4. The van der Waals surface area contributed by atoms with Gasteiger partial charge in [-0.1, -0.05) is 105 Å². The predicted molar refractivity (Wildman–Crippen MR) is 156 cm³/mol. The number of benzene rings is 3. The Morgan fingerprint density at radius 3 is 1.78 bits per heavy atom. The van der Waals surface area contributed by atoms with Crippen molar-refractivity contribution in [2.24, 2.45) is 11.3 Å². The molecule has 3 aliphatic rings. The lowest BCUT2D eigenvalue weighted by Crippen LogP contribution is -2.48. The van der Waals surface area contributed by atoms with Crippen molar-refractivity contribution in [1.29, 1.82) is 0 Å². The van der Waals surface area contributed by atoms with Gasteiger partial charge in [0.15, 0.2) is 0 Å². The summed E-state index contributed by atoms with van der Waals surface area (Å²) in [6.45, 7) is 5.56. The predicted octanol–water partition coefficient (Wildman–Crippen LogP) is 4.22. The zero-order valence-electron chi connectivity index (χ0n) is 23.6. The minimum atomic E-state index is -0.968. The molecule has 2 amide bonds. The van der Waals surface area contributed by atoms with Crippen LogP contribution >= 0.6 is 0 Å². The Bertz CT molecular complexity index is 1330. The zero-order chi connectivity index (χ0) is 28.8. The summed E-state index contributed by atoms with van der Waals surface area (Å²) in [6, 6.07) is 29.9. The molecule has 2 unspecified atom stereocenters. The lowest BCUT2D eigenvalue weighted by Gasteiger charge is -2.38. The molecule has 3 aliphatic heterocycles. The fourth-order valence-corrected chi connectivity index (χ4v) is 7.30. The van der Waals surface area contributed by atoms with Gasteiger partial charge in [0, 0.05) is 26.2 Å². The van der Waals surface area contributed by atoms with Gasteiger partial charge in [-0.3, -0.25) is 14.5 Å². The summed E-state index contributed by atoms with van der Waals surface area (Å²) >= 11 is 0. The van der Waals surface area contributed by atoms with E-state index in [9.17, 15) is 19.5 Å². The van der Waals surface area contributed by atoms with Crippen LogP contribution in [0.25, 0.3) is 0 Å². The van der Waals surface area contributed by atoms with E-state index in [1.807, 2.05) is 73.3 Å². The largest absolute Gasteiger partial charge is 0.480 e. The maximum atomic E-state index is 14.1. The molecule has 7 heteroatoms. The normalized spacial score (nSPS) is 24.7. The number of carbonyl (C=O) groups is 3. The fourth-order valence-electron chi connectivity index (χ4n) is 7.30. The standard InChI is InChI=1S/C34H37N3O4/c1-24(2)29(31(39)40)36-21-19-33(32(36)41)18-20-35(23-33)30(38)28-22-37(28)34(25-12-6-3-7-13-25,26-14-8-4-9-15-26)27-16-10-5-11-17-27/h3-17,24,28-29H,18-23H2,1-2H3,(H,39,40)/t28?,29?,33-,37+/m0/s1. The van der Waals surface area contributed by atoms with Gasteiger partial charge in [0.25, 0.3) is 0 Å². The van der Waals surface area contributed by atoms with E-state index in [1.165, 1.54) is 4.90 Å². The lowest BCUT2D eigenvalue weighted by atomic mass is 9.76. The molecule has 3 saturated heterocycles. The zero-order valence-corrected chi connectivity index (χ0v) is 23.6. The van der Waals surface area contributed by atoms with Crippen LogP contribution in [0.15, 0.2) is 91.0 Å². The lowest BCUT2D eigenvalue weighted by molar-refractivity contribution is -0.152. The molecule has 3 aromatic carbocycles. The van der Waals surface area contributed by atoms with Crippen molar-refractivity contribution in [3.8, 4) is 0 Å². The molecular formula is C34H37N3O4. The summed E-state index contributed by atoms with van der Waals surface area (Å²) in [7, 11) is 0. The highest BCUT2D eigenvalue weighted by atomic mass is 16.4. The number of carboxylic acids is 1. The second-order valence-electron chi connectivity index (χ2n) is 12.0. The molecule has 3 heterocycles. The number of hydrogen-bond acceptors (Lipinski definition) is 4. The van der Waals surface area contributed by atoms with Crippen LogP contribution in [0.5, 0.6) is 0 Å². The molecule has 41 heavy (non-hydrogen) atoms. The average Bonchev–Trinajstić information content (AvgIpc) is 3.57. The Balaban J connectivity index is 1.29. The number of nitrogens with zero attached hydrogens (tertiary/aromatic N) is 3. The molecule has 6 rings (SSSR count). The van der Waals surface area contributed by atoms with E-state index in [4.69, 9.17) is 0 Å². The molecule has 7 nitrogen and oxygen atoms in total. The number of aliphatic carboxylic acids is 1. The molecule has 0 saturated carbocycles. The van der Waals surface area contributed by atoms with E-state index in [0.29, 0.717) is 39.0 Å². The van der Waals surface area contributed by atoms with E-state index in [-0.39, 0.29) is 23.8 Å². The molecule has 3 fully saturated rings. The molecule has 1 spiro atoms. The average molecular weight is 552 g/mol. The van der Waals surface area contributed by atoms with E-state index in [0.717, 1.165) is 16.7 Å². The minimum absolute atomic E-state index is 0.0407. The van der Waals surface area contributed by atoms with Gasteiger partial charge in [0.1, 0.15) is 12.1 Å². The number of carbonyl (C=O) groups excluding carboxylic acids is 2. The Hall–Kier alpha value is -3.97. The van der Waals surface area contributed by atoms with Crippen LogP contribution in [0, 0.1) is 11.3 Å². The van der Waals surface area contributed by atoms with Gasteiger partial charge in [-0.15, -0.1) is 0 Å². The number of rotatable bonds is 8. The van der Waals surface area contributed by atoms with Crippen LogP contribution in [0.4, 0.5) is 0 Å². The van der Waals surface area contributed by atoms with Crippen LogP contribution in [0.1, 0.15) is 43.4 Å². The van der Waals surface area contributed by atoms with E-state index < -0.39 is 23.0 Å². The summed E-state index contributed by atoms with van der Waals surface area (Å²) < 4.78 is 0. The van der Waals surface area contributed by atoms with Gasteiger partial charge in [-0.25, -0.2) is 4.79 Å². The topological polar surface area (TPSA) is 80.9 Å². The van der Waals surface area contributed by atoms with Crippen molar-refractivity contribution in [2.75, 3.05) is 26.2 Å². The van der Waals surface area contributed by atoms with Crippen molar-refractivity contribution in [3.63, 3.8) is 0 Å². The number of amides is 2. The van der Waals surface area contributed by atoms with Gasteiger partial charge < -0.3 is 14.9 Å². The van der Waals surface area contributed by atoms with Crippen molar-refractivity contribution in [1.82, 2.24) is 14.7 Å². The molecule has 3 aromatic rings. The molecule has 4 atom stereocenters. The van der Waals surface area contributed by atoms with Crippen molar-refractivity contribution in [3.05, 3.63) is 108 Å². The fraction of sp³-hybridized carbons (Fsp3) is 0.382. The SMILES string of the molecule is CC(C)C(C(=O)O)N1CC[C@]2(CCN(C(=O)C3C[N@@]3C(c3ccccc3)(c3ccccc3)c3ccccc3)C2)C1=O. The molecule has 0 aliphatic carbocycles. The first-order valence-electron chi connectivity index (χ1n) is 14.6. The molecule has 0 radical (unpaired) electrons. The van der Waals surface area contributed by atoms with Gasteiger partial charge in [0.05, 0.1) is 11.0 Å². The first-order valence-corrected chi connectivity index (χ1v) is 14.6. The van der Waals surface area contributed by atoms with E-state index in [1.54, 1.807) is 0 Å². The van der Waals surface area contributed by atoms with Crippen molar-refractivity contribution >= 4 is 17.8 Å². The number of likely N-dealkylation sites (tertiary alicyclic amines) is 2. The Kier molecular flexibility index (Phi) is 6.94. The quantitative estimate of drug-likeness (QED) is 0.335. The third kappa shape index (κ3) is 4.43. The van der Waals surface area contributed by atoms with Gasteiger partial charge >= 0.3 is 5.97 Å². The number of carboxylic acid groups (broad SMARTS) is 1. The van der Waals surface area contributed by atoms with E-state index >= 15 is 0 Å². The third-order valence-corrected chi connectivity index (χ3v) is 9.33. The molecule has 0 aromatic heterocycles. The second-order valence-corrected chi connectivity index (χ2v) is 12.0. The Morgan fingerprint density at radius 1 is 0.829 bits per heavy atom. The van der Waals surface area contributed by atoms with Crippen LogP contribution in [-0.2, 0) is 19.9 Å².